The smallest absolute Gasteiger partial charge is 0.222 e. The van der Waals surface area contributed by atoms with E-state index in [4.69, 9.17) is 0 Å². The maximum Gasteiger partial charge on any atom is 0.222 e. The van der Waals surface area contributed by atoms with Crippen LogP contribution in [0.4, 0.5) is 5.69 Å². The Bertz CT molecular complexity index is 689. The molecule has 0 bridgehead atoms. The van der Waals surface area contributed by atoms with E-state index in [0.29, 0.717) is 18.9 Å². The van der Waals surface area contributed by atoms with Gasteiger partial charge in [-0.05, 0) is 6.42 Å². The standard InChI is InChI=1S/C17H26N6O/c1-13(2)17-18-6-9-22(17)8-5-16(24)20-14-4-7-23(11-14)15-10-19-21(3)12-15/h6,9-10,12-14H,4-5,7-8,11H2,1-3H3,(H,20,24). The Kier molecular flexibility index (Phi) is 4.87. The Morgan fingerprint density at radius 3 is 3.00 bits per heavy atom. The van der Waals surface area contributed by atoms with Gasteiger partial charge in [-0.2, -0.15) is 5.10 Å². The van der Waals surface area contributed by atoms with E-state index in [1.165, 1.54) is 0 Å². The molecule has 1 atom stereocenters. The lowest BCUT2D eigenvalue weighted by atomic mass is 10.2. The van der Waals surface area contributed by atoms with Crippen LogP contribution in [0.2, 0.25) is 0 Å². The van der Waals surface area contributed by atoms with Gasteiger partial charge in [0, 0.05) is 63.7 Å². The number of nitrogens with zero attached hydrogens (tertiary/aromatic N) is 5. The van der Waals surface area contributed by atoms with Crippen molar-refractivity contribution in [1.29, 1.82) is 0 Å². The highest BCUT2D eigenvalue weighted by Crippen LogP contribution is 2.19. The molecule has 3 heterocycles. The molecule has 1 fully saturated rings. The van der Waals surface area contributed by atoms with Gasteiger partial charge in [0.25, 0.3) is 0 Å². The SMILES string of the molecule is CC(C)c1nccn1CCC(=O)NC1CCN(c2cnn(C)c2)C1. The molecule has 0 aromatic carbocycles. The maximum absolute atomic E-state index is 12.2. The topological polar surface area (TPSA) is 68.0 Å². The van der Waals surface area contributed by atoms with E-state index in [-0.39, 0.29) is 11.9 Å². The summed E-state index contributed by atoms with van der Waals surface area (Å²) in [7, 11) is 1.92. The van der Waals surface area contributed by atoms with Crippen molar-refractivity contribution in [3.63, 3.8) is 0 Å². The van der Waals surface area contributed by atoms with Crippen LogP contribution < -0.4 is 10.2 Å². The monoisotopic (exact) mass is 330 g/mol. The lowest BCUT2D eigenvalue weighted by molar-refractivity contribution is -0.121. The molecule has 0 aliphatic carbocycles. The van der Waals surface area contributed by atoms with E-state index in [9.17, 15) is 4.79 Å². The minimum atomic E-state index is 0.108. The first kappa shape index (κ1) is 16.5. The summed E-state index contributed by atoms with van der Waals surface area (Å²) in [5, 5.41) is 7.36. The lowest BCUT2D eigenvalue weighted by Crippen LogP contribution is -2.37. The first-order chi connectivity index (χ1) is 11.5. The lowest BCUT2D eigenvalue weighted by Gasteiger charge is -2.17. The van der Waals surface area contributed by atoms with Crippen molar-refractivity contribution in [2.45, 2.75) is 45.2 Å². The molecule has 0 saturated carbocycles. The van der Waals surface area contributed by atoms with Crippen LogP contribution in [-0.2, 0) is 18.4 Å². The number of imidazole rings is 1. The van der Waals surface area contributed by atoms with Crippen LogP contribution in [0.15, 0.2) is 24.8 Å². The molecular weight excluding hydrogens is 304 g/mol. The normalized spacial score (nSPS) is 17.7. The zero-order valence-corrected chi connectivity index (χ0v) is 14.6. The molecule has 1 unspecified atom stereocenters. The third-order valence-electron chi connectivity index (χ3n) is 4.45. The van der Waals surface area contributed by atoms with Crippen LogP contribution in [0.25, 0.3) is 0 Å². The van der Waals surface area contributed by atoms with Gasteiger partial charge in [-0.3, -0.25) is 9.48 Å². The van der Waals surface area contributed by atoms with Gasteiger partial charge in [0.15, 0.2) is 0 Å². The number of aryl methyl sites for hydroxylation is 2. The summed E-state index contributed by atoms with van der Waals surface area (Å²) < 4.78 is 3.87. The molecule has 7 nitrogen and oxygen atoms in total. The molecule has 3 rings (SSSR count). The van der Waals surface area contributed by atoms with Crippen molar-refractivity contribution in [3.05, 3.63) is 30.6 Å². The van der Waals surface area contributed by atoms with Gasteiger partial charge < -0.3 is 14.8 Å². The second-order valence-corrected chi connectivity index (χ2v) is 6.75. The molecule has 130 valence electrons. The van der Waals surface area contributed by atoms with Crippen LogP contribution in [0, 0.1) is 0 Å². The number of anilines is 1. The Morgan fingerprint density at radius 1 is 1.46 bits per heavy atom. The minimum Gasteiger partial charge on any atom is -0.367 e. The molecule has 0 radical (unpaired) electrons. The molecule has 24 heavy (non-hydrogen) atoms. The number of amides is 1. The van der Waals surface area contributed by atoms with E-state index in [1.807, 2.05) is 25.6 Å². The molecule has 0 spiro atoms. The molecule has 1 aliphatic heterocycles. The van der Waals surface area contributed by atoms with Crippen molar-refractivity contribution in [3.8, 4) is 0 Å². The molecule has 2 aromatic rings. The summed E-state index contributed by atoms with van der Waals surface area (Å²) in [5.74, 6) is 1.51. The first-order valence-corrected chi connectivity index (χ1v) is 8.57. The van der Waals surface area contributed by atoms with Gasteiger partial charge in [-0.15, -0.1) is 0 Å². The Morgan fingerprint density at radius 2 is 2.29 bits per heavy atom. The van der Waals surface area contributed by atoms with Crippen LogP contribution >= 0.6 is 0 Å². The fraction of sp³-hybridized carbons (Fsp3) is 0.588. The van der Waals surface area contributed by atoms with Gasteiger partial charge in [-0.25, -0.2) is 4.98 Å². The number of carbonyl (C=O) groups is 1. The average Bonchev–Trinajstić information content (AvgIpc) is 3.24. The van der Waals surface area contributed by atoms with E-state index >= 15 is 0 Å². The van der Waals surface area contributed by atoms with Crippen LogP contribution in [-0.4, -0.2) is 44.4 Å². The molecule has 1 saturated heterocycles. The summed E-state index contributed by atoms with van der Waals surface area (Å²) in [6.45, 7) is 6.71. The highest BCUT2D eigenvalue weighted by molar-refractivity contribution is 5.76. The van der Waals surface area contributed by atoms with E-state index in [2.05, 4.69) is 38.7 Å². The summed E-state index contributed by atoms with van der Waals surface area (Å²) in [5.41, 5.74) is 1.12. The number of hydrogen-bond donors (Lipinski definition) is 1. The van der Waals surface area contributed by atoms with E-state index in [1.54, 1.807) is 10.9 Å². The number of rotatable bonds is 6. The van der Waals surface area contributed by atoms with E-state index < -0.39 is 0 Å². The Labute approximate surface area is 142 Å². The van der Waals surface area contributed by atoms with Crippen LogP contribution in [0.5, 0.6) is 0 Å². The van der Waals surface area contributed by atoms with Gasteiger partial charge in [0.05, 0.1) is 11.9 Å². The van der Waals surface area contributed by atoms with Crippen LogP contribution in [0.1, 0.15) is 38.4 Å². The quantitative estimate of drug-likeness (QED) is 0.872. The molecular formula is C17H26N6O. The van der Waals surface area contributed by atoms with Crippen molar-refractivity contribution in [1.82, 2.24) is 24.6 Å². The Balaban J connectivity index is 1.46. The average molecular weight is 330 g/mol. The van der Waals surface area contributed by atoms with Crippen molar-refractivity contribution < 1.29 is 4.79 Å². The fourth-order valence-electron chi connectivity index (χ4n) is 3.22. The third kappa shape index (κ3) is 3.77. The first-order valence-electron chi connectivity index (χ1n) is 8.57. The largest absolute Gasteiger partial charge is 0.367 e. The third-order valence-corrected chi connectivity index (χ3v) is 4.45. The number of aromatic nitrogens is 4. The molecule has 1 N–H and O–H groups in total. The Hall–Kier alpha value is -2.31. The fourth-order valence-corrected chi connectivity index (χ4v) is 3.22. The van der Waals surface area contributed by atoms with Crippen molar-refractivity contribution in [2.24, 2.45) is 7.05 Å². The molecule has 7 heteroatoms. The summed E-state index contributed by atoms with van der Waals surface area (Å²) in [6.07, 6.45) is 9.09. The predicted molar refractivity (Wildman–Crippen MR) is 92.9 cm³/mol. The number of hydrogen-bond acceptors (Lipinski definition) is 4. The van der Waals surface area contributed by atoms with Crippen molar-refractivity contribution in [2.75, 3.05) is 18.0 Å². The second-order valence-electron chi connectivity index (χ2n) is 6.75. The molecule has 2 aromatic heterocycles. The van der Waals surface area contributed by atoms with Crippen LogP contribution in [0.3, 0.4) is 0 Å². The van der Waals surface area contributed by atoms with Crippen molar-refractivity contribution >= 4 is 11.6 Å². The summed E-state index contributed by atoms with van der Waals surface area (Å²) in [6, 6.07) is 0.213. The number of carbonyl (C=O) groups excluding carboxylic acids is 1. The zero-order chi connectivity index (χ0) is 17.1. The predicted octanol–water partition coefficient (Wildman–Crippen LogP) is 1.53. The zero-order valence-electron chi connectivity index (χ0n) is 14.6. The maximum atomic E-state index is 12.2. The summed E-state index contributed by atoms with van der Waals surface area (Å²) >= 11 is 0. The highest BCUT2D eigenvalue weighted by atomic mass is 16.1. The highest BCUT2D eigenvalue weighted by Gasteiger charge is 2.24. The van der Waals surface area contributed by atoms with Gasteiger partial charge >= 0.3 is 0 Å². The molecule has 1 amide bonds. The second kappa shape index (κ2) is 7.07. The minimum absolute atomic E-state index is 0.108. The number of nitrogens with one attached hydrogen (secondary N) is 1. The van der Waals surface area contributed by atoms with Gasteiger partial charge in [0.1, 0.15) is 5.82 Å². The van der Waals surface area contributed by atoms with Gasteiger partial charge in [0.2, 0.25) is 5.91 Å². The summed E-state index contributed by atoms with van der Waals surface area (Å²) in [4.78, 5) is 18.9. The molecule has 1 aliphatic rings. The van der Waals surface area contributed by atoms with E-state index in [0.717, 1.165) is 31.0 Å². The van der Waals surface area contributed by atoms with Gasteiger partial charge in [-0.1, -0.05) is 13.8 Å².